The smallest absolute Gasteiger partial charge is 0.273 e. The molecule has 0 aliphatic heterocycles. The van der Waals surface area contributed by atoms with Gasteiger partial charge in [-0.1, -0.05) is 12.1 Å². The van der Waals surface area contributed by atoms with E-state index >= 15 is 0 Å². The van der Waals surface area contributed by atoms with Gasteiger partial charge in [-0.25, -0.2) is 12.8 Å². The first-order valence-electron chi connectivity index (χ1n) is 9.02. The Bertz CT molecular complexity index is 1270. The molecule has 1 amide bonds. The molecule has 160 valence electrons. The summed E-state index contributed by atoms with van der Waals surface area (Å²) in [6, 6.07) is 13.5. The highest BCUT2D eigenvalue weighted by atomic mass is 32.2. The van der Waals surface area contributed by atoms with Gasteiger partial charge in [-0.2, -0.15) is 0 Å². The average molecular weight is 443 g/mol. The number of halogens is 1. The monoisotopic (exact) mass is 443 g/mol. The molecule has 0 saturated carbocycles. The van der Waals surface area contributed by atoms with E-state index in [1.807, 2.05) is 0 Å². The van der Waals surface area contributed by atoms with Crippen LogP contribution < -0.4 is 10.0 Å². The van der Waals surface area contributed by atoms with E-state index in [2.05, 4.69) is 10.0 Å². The number of anilines is 2. The van der Waals surface area contributed by atoms with Gasteiger partial charge in [-0.3, -0.25) is 19.6 Å². The molecule has 31 heavy (non-hydrogen) atoms. The average Bonchev–Trinajstić information content (AvgIpc) is 2.71. The molecule has 3 aromatic rings. The van der Waals surface area contributed by atoms with Crippen LogP contribution in [0.4, 0.5) is 21.5 Å². The largest absolute Gasteiger partial charge is 0.322 e. The second-order valence-electron chi connectivity index (χ2n) is 6.81. The van der Waals surface area contributed by atoms with Crippen LogP contribution >= 0.6 is 0 Å². The number of carbonyl (C=O) groups excluding carboxylic acids is 1. The van der Waals surface area contributed by atoms with Crippen LogP contribution in [-0.4, -0.2) is 19.2 Å². The van der Waals surface area contributed by atoms with Gasteiger partial charge >= 0.3 is 0 Å². The van der Waals surface area contributed by atoms with E-state index in [9.17, 15) is 27.7 Å². The molecular weight excluding hydrogens is 425 g/mol. The van der Waals surface area contributed by atoms with Crippen LogP contribution in [0.15, 0.2) is 65.6 Å². The summed E-state index contributed by atoms with van der Waals surface area (Å²) in [4.78, 5) is 22.5. The van der Waals surface area contributed by atoms with Crippen molar-refractivity contribution in [2.75, 3.05) is 10.0 Å². The fourth-order valence-corrected chi connectivity index (χ4v) is 3.81. The van der Waals surface area contributed by atoms with Gasteiger partial charge in [-0.15, -0.1) is 0 Å². The van der Waals surface area contributed by atoms with E-state index in [1.54, 1.807) is 13.0 Å². The van der Waals surface area contributed by atoms with E-state index < -0.39 is 26.7 Å². The molecule has 0 radical (unpaired) electrons. The number of nitrogens with one attached hydrogen (secondary N) is 2. The molecule has 3 rings (SSSR count). The van der Waals surface area contributed by atoms with Crippen molar-refractivity contribution >= 4 is 33.0 Å². The molecule has 0 fully saturated rings. The number of benzene rings is 3. The van der Waals surface area contributed by atoms with E-state index in [0.717, 1.165) is 6.07 Å². The topological polar surface area (TPSA) is 118 Å². The Morgan fingerprint density at radius 1 is 0.935 bits per heavy atom. The van der Waals surface area contributed by atoms with Gasteiger partial charge in [-0.05, 0) is 61.9 Å². The lowest BCUT2D eigenvalue weighted by atomic mass is 10.1. The molecule has 0 bridgehead atoms. The van der Waals surface area contributed by atoms with Crippen molar-refractivity contribution in [3.63, 3.8) is 0 Å². The highest BCUT2D eigenvalue weighted by molar-refractivity contribution is 7.92. The zero-order valence-electron chi connectivity index (χ0n) is 16.5. The fourth-order valence-electron chi connectivity index (χ4n) is 2.73. The predicted molar refractivity (Wildman–Crippen MR) is 114 cm³/mol. The molecule has 0 saturated heterocycles. The number of nitrogens with zero attached hydrogens (tertiary/aromatic N) is 1. The van der Waals surface area contributed by atoms with Crippen molar-refractivity contribution in [1.82, 2.24) is 0 Å². The number of amides is 1. The van der Waals surface area contributed by atoms with Crippen LogP contribution in [0, 0.1) is 29.8 Å². The van der Waals surface area contributed by atoms with Gasteiger partial charge in [0.25, 0.3) is 21.6 Å². The molecule has 0 spiro atoms. The number of nitro benzene ring substituents is 1. The number of sulfonamides is 1. The van der Waals surface area contributed by atoms with Gasteiger partial charge in [0, 0.05) is 28.6 Å². The Labute approximate surface area is 177 Å². The number of rotatable bonds is 6. The van der Waals surface area contributed by atoms with Crippen molar-refractivity contribution in [2.45, 2.75) is 18.7 Å². The molecule has 0 aromatic heterocycles. The van der Waals surface area contributed by atoms with Gasteiger partial charge in [0.05, 0.1) is 9.82 Å². The van der Waals surface area contributed by atoms with E-state index in [0.29, 0.717) is 16.8 Å². The summed E-state index contributed by atoms with van der Waals surface area (Å²) in [6.07, 6.45) is 0. The SMILES string of the molecule is Cc1ccc(NC(=O)c2ccc(NS(=O)(=O)c3ccc(C)c([N+](=O)[O-])c3)cc2)cc1F. The summed E-state index contributed by atoms with van der Waals surface area (Å²) in [5, 5.41) is 13.6. The van der Waals surface area contributed by atoms with E-state index in [1.165, 1.54) is 55.5 Å². The summed E-state index contributed by atoms with van der Waals surface area (Å²) in [6.45, 7) is 3.12. The Balaban J connectivity index is 1.75. The first-order chi connectivity index (χ1) is 14.6. The van der Waals surface area contributed by atoms with Crippen molar-refractivity contribution < 1.29 is 22.5 Å². The maximum Gasteiger partial charge on any atom is 0.273 e. The van der Waals surface area contributed by atoms with Crippen LogP contribution in [-0.2, 0) is 10.0 Å². The van der Waals surface area contributed by atoms with Crippen molar-refractivity contribution in [1.29, 1.82) is 0 Å². The molecule has 2 N–H and O–H groups in total. The lowest BCUT2D eigenvalue weighted by Gasteiger charge is -2.10. The lowest BCUT2D eigenvalue weighted by Crippen LogP contribution is -2.14. The summed E-state index contributed by atoms with van der Waals surface area (Å²) in [5.74, 6) is -0.939. The van der Waals surface area contributed by atoms with Crippen molar-refractivity contribution in [2.24, 2.45) is 0 Å². The van der Waals surface area contributed by atoms with Crippen molar-refractivity contribution in [3.05, 3.63) is 93.3 Å². The molecule has 3 aromatic carbocycles. The summed E-state index contributed by atoms with van der Waals surface area (Å²) >= 11 is 0. The first-order valence-corrected chi connectivity index (χ1v) is 10.5. The maximum absolute atomic E-state index is 13.6. The number of hydrogen-bond donors (Lipinski definition) is 2. The number of aryl methyl sites for hydroxylation is 2. The Morgan fingerprint density at radius 3 is 2.16 bits per heavy atom. The Hall–Kier alpha value is -3.79. The molecular formula is C21H18FN3O5S. The molecule has 0 unspecified atom stereocenters. The second-order valence-corrected chi connectivity index (χ2v) is 8.49. The first kappa shape index (κ1) is 21.9. The van der Waals surface area contributed by atoms with Crippen LogP contribution in [0.25, 0.3) is 0 Å². The minimum atomic E-state index is -4.07. The van der Waals surface area contributed by atoms with Crippen LogP contribution in [0.2, 0.25) is 0 Å². The third-order valence-electron chi connectivity index (χ3n) is 4.52. The second kappa shape index (κ2) is 8.52. The molecule has 0 aliphatic carbocycles. The van der Waals surface area contributed by atoms with E-state index in [-0.39, 0.29) is 21.8 Å². The van der Waals surface area contributed by atoms with Gasteiger partial charge in [0.15, 0.2) is 0 Å². The van der Waals surface area contributed by atoms with Crippen LogP contribution in [0.1, 0.15) is 21.5 Å². The third kappa shape index (κ3) is 5.04. The van der Waals surface area contributed by atoms with Crippen LogP contribution in [0.3, 0.4) is 0 Å². The molecule has 8 nitrogen and oxygen atoms in total. The normalized spacial score (nSPS) is 11.1. The van der Waals surface area contributed by atoms with Gasteiger partial charge in [0.1, 0.15) is 5.82 Å². The number of nitro groups is 1. The zero-order chi connectivity index (χ0) is 22.8. The number of hydrogen-bond acceptors (Lipinski definition) is 5. The highest BCUT2D eigenvalue weighted by Gasteiger charge is 2.20. The van der Waals surface area contributed by atoms with Crippen LogP contribution in [0.5, 0.6) is 0 Å². The lowest BCUT2D eigenvalue weighted by molar-refractivity contribution is -0.385. The number of carbonyl (C=O) groups is 1. The fraction of sp³-hybridized carbons (Fsp3) is 0.0952. The van der Waals surface area contributed by atoms with Crippen molar-refractivity contribution in [3.8, 4) is 0 Å². The molecule has 10 heteroatoms. The predicted octanol–water partition coefficient (Wildman–Crippen LogP) is 4.40. The molecule has 0 atom stereocenters. The standard InChI is InChI=1S/C21H18FN3O5S/c1-13-3-7-17(11-19(13)22)23-21(26)15-5-8-16(9-6-15)24-31(29,30)18-10-4-14(2)20(12-18)25(27)28/h3-12,24H,1-2H3,(H,23,26). The third-order valence-corrected chi connectivity index (χ3v) is 5.90. The summed E-state index contributed by atoms with van der Waals surface area (Å²) < 4.78 is 41.1. The van der Waals surface area contributed by atoms with E-state index in [4.69, 9.17) is 0 Å². The molecule has 0 heterocycles. The zero-order valence-corrected chi connectivity index (χ0v) is 17.4. The summed E-state index contributed by atoms with van der Waals surface area (Å²) in [5.41, 5.74) is 1.18. The Morgan fingerprint density at radius 2 is 1.55 bits per heavy atom. The highest BCUT2D eigenvalue weighted by Crippen LogP contribution is 2.24. The summed E-state index contributed by atoms with van der Waals surface area (Å²) in [7, 11) is -4.07. The van der Waals surface area contributed by atoms with Gasteiger partial charge < -0.3 is 5.32 Å². The quantitative estimate of drug-likeness (QED) is 0.432. The molecule has 0 aliphatic rings. The Kier molecular flexibility index (Phi) is 6.02. The minimum Gasteiger partial charge on any atom is -0.322 e. The maximum atomic E-state index is 13.6. The minimum absolute atomic E-state index is 0.168. The van der Waals surface area contributed by atoms with Gasteiger partial charge in [0.2, 0.25) is 0 Å².